The molecule has 0 saturated heterocycles. The number of pyridine rings is 1. The van der Waals surface area contributed by atoms with Gasteiger partial charge >= 0.3 is 0 Å². The minimum atomic E-state index is 1.22. The molecule has 0 aromatic carbocycles. The van der Waals surface area contributed by atoms with E-state index in [2.05, 4.69) is 37.3 Å². The van der Waals surface area contributed by atoms with Crippen molar-refractivity contribution in [3.8, 4) is 0 Å². The number of unbranched alkanes of at least 4 members (excludes halogenated alkanes) is 22. The van der Waals surface area contributed by atoms with Gasteiger partial charge in [-0.05, 0) is 36.8 Å². The van der Waals surface area contributed by atoms with Gasteiger partial charge in [0, 0.05) is 12.4 Å². The number of hydrogen-bond acceptors (Lipinski definition) is 1. The molecule has 0 unspecified atom stereocenters. The van der Waals surface area contributed by atoms with Gasteiger partial charge in [-0.1, -0.05) is 161 Å². The van der Waals surface area contributed by atoms with Crippen LogP contribution in [-0.4, -0.2) is 4.98 Å². The average Bonchev–Trinajstić information content (AvgIpc) is 2.85. The topological polar surface area (TPSA) is 12.9 Å². The summed E-state index contributed by atoms with van der Waals surface area (Å²) >= 11 is 0. The van der Waals surface area contributed by atoms with Crippen LogP contribution in [0.3, 0.4) is 0 Å². The largest absolute Gasteiger partial charge is 0.264 e. The molecule has 0 spiro atoms. The summed E-state index contributed by atoms with van der Waals surface area (Å²) < 4.78 is 0. The predicted molar refractivity (Wildman–Crippen MR) is 154 cm³/mol. The highest BCUT2D eigenvalue weighted by molar-refractivity contribution is 5.18. The monoisotopic (exact) mass is 471 g/mol. The molecule has 0 fully saturated rings. The second kappa shape index (κ2) is 25.2. The van der Waals surface area contributed by atoms with Crippen molar-refractivity contribution < 1.29 is 0 Å². The number of rotatable bonds is 26. The molecule has 0 radical (unpaired) electrons. The van der Waals surface area contributed by atoms with Crippen LogP contribution in [0.5, 0.6) is 0 Å². The average molecular weight is 472 g/mol. The summed E-state index contributed by atoms with van der Waals surface area (Å²) in [6.45, 7) is 4.60. The second-order valence-electron chi connectivity index (χ2n) is 11.0. The van der Waals surface area contributed by atoms with Gasteiger partial charge in [-0.15, -0.1) is 0 Å². The Morgan fingerprint density at radius 3 is 0.941 bits per heavy atom. The van der Waals surface area contributed by atoms with Gasteiger partial charge in [0.15, 0.2) is 0 Å². The van der Waals surface area contributed by atoms with E-state index < -0.39 is 0 Å². The third-order valence-corrected chi connectivity index (χ3v) is 7.49. The van der Waals surface area contributed by atoms with E-state index in [1.165, 1.54) is 178 Å². The molecular formula is C33H61N. The van der Waals surface area contributed by atoms with Crippen LogP contribution in [0.2, 0.25) is 0 Å². The molecule has 198 valence electrons. The van der Waals surface area contributed by atoms with Crippen LogP contribution >= 0.6 is 0 Å². The van der Waals surface area contributed by atoms with Crippen molar-refractivity contribution in [2.45, 2.75) is 181 Å². The zero-order valence-corrected chi connectivity index (χ0v) is 23.6. The number of hydrogen-bond donors (Lipinski definition) is 0. The Morgan fingerprint density at radius 1 is 0.382 bits per heavy atom. The Hall–Kier alpha value is -0.850. The van der Waals surface area contributed by atoms with E-state index in [1.807, 2.05) is 0 Å². The van der Waals surface area contributed by atoms with Crippen LogP contribution in [0, 0.1) is 0 Å². The SMILES string of the molecule is CCCCCCCCCCCCCCc1cncc(CCCCCCCCCCCCCC)c1. The van der Waals surface area contributed by atoms with Gasteiger partial charge in [0.1, 0.15) is 0 Å². The summed E-state index contributed by atoms with van der Waals surface area (Å²) in [5, 5.41) is 0. The molecule has 0 N–H and O–H groups in total. The summed E-state index contributed by atoms with van der Waals surface area (Å²) in [5.41, 5.74) is 2.92. The smallest absolute Gasteiger partial charge is 0.0300 e. The molecule has 0 amide bonds. The van der Waals surface area contributed by atoms with Crippen LogP contribution in [0.4, 0.5) is 0 Å². The fourth-order valence-electron chi connectivity index (χ4n) is 5.16. The van der Waals surface area contributed by atoms with E-state index in [9.17, 15) is 0 Å². The molecule has 1 aromatic rings. The molecule has 1 heteroatoms. The van der Waals surface area contributed by atoms with Crippen LogP contribution in [-0.2, 0) is 12.8 Å². The predicted octanol–water partition coefficient (Wildman–Crippen LogP) is 11.6. The first-order valence-corrected chi connectivity index (χ1v) is 15.8. The Bertz CT molecular complexity index is 480. The Kier molecular flexibility index (Phi) is 23.2. The van der Waals surface area contributed by atoms with E-state index in [1.54, 1.807) is 0 Å². The third kappa shape index (κ3) is 20.5. The van der Waals surface area contributed by atoms with Crippen LogP contribution in [0.25, 0.3) is 0 Å². The van der Waals surface area contributed by atoms with Crippen molar-refractivity contribution in [1.29, 1.82) is 0 Å². The highest BCUT2D eigenvalue weighted by atomic mass is 14.6. The lowest BCUT2D eigenvalue weighted by molar-refractivity contribution is 0.543. The van der Waals surface area contributed by atoms with Crippen LogP contribution in [0.15, 0.2) is 18.5 Å². The number of aryl methyl sites for hydroxylation is 2. The lowest BCUT2D eigenvalue weighted by Gasteiger charge is -2.06. The van der Waals surface area contributed by atoms with Gasteiger partial charge in [-0.25, -0.2) is 0 Å². The van der Waals surface area contributed by atoms with Crippen molar-refractivity contribution in [3.05, 3.63) is 29.6 Å². The highest BCUT2D eigenvalue weighted by Gasteiger charge is 2.00. The summed E-state index contributed by atoms with van der Waals surface area (Å²) in [6, 6.07) is 2.43. The minimum absolute atomic E-state index is 1.22. The van der Waals surface area contributed by atoms with Crippen molar-refractivity contribution in [2.75, 3.05) is 0 Å². The first-order chi connectivity index (χ1) is 16.9. The van der Waals surface area contributed by atoms with Gasteiger partial charge in [-0.3, -0.25) is 4.98 Å². The molecule has 0 atom stereocenters. The summed E-state index contributed by atoms with van der Waals surface area (Å²) in [7, 11) is 0. The van der Waals surface area contributed by atoms with Crippen molar-refractivity contribution in [2.24, 2.45) is 0 Å². The van der Waals surface area contributed by atoms with E-state index in [0.717, 1.165) is 0 Å². The molecule has 1 rings (SSSR count). The first-order valence-electron chi connectivity index (χ1n) is 15.8. The van der Waals surface area contributed by atoms with E-state index in [-0.39, 0.29) is 0 Å². The maximum Gasteiger partial charge on any atom is 0.0300 e. The number of nitrogens with zero attached hydrogens (tertiary/aromatic N) is 1. The van der Waals surface area contributed by atoms with Crippen molar-refractivity contribution >= 4 is 0 Å². The van der Waals surface area contributed by atoms with E-state index in [0.29, 0.717) is 0 Å². The molecule has 1 nitrogen and oxygen atoms in total. The van der Waals surface area contributed by atoms with Crippen LogP contribution < -0.4 is 0 Å². The molecule has 1 heterocycles. The summed E-state index contributed by atoms with van der Waals surface area (Å²) in [5.74, 6) is 0. The maximum absolute atomic E-state index is 4.54. The zero-order valence-electron chi connectivity index (χ0n) is 23.6. The third-order valence-electron chi connectivity index (χ3n) is 7.49. The van der Waals surface area contributed by atoms with Crippen LogP contribution in [0.1, 0.15) is 179 Å². The fraction of sp³-hybridized carbons (Fsp3) is 0.848. The zero-order chi connectivity index (χ0) is 24.4. The Balaban J connectivity index is 1.91. The number of aromatic nitrogens is 1. The van der Waals surface area contributed by atoms with Gasteiger partial charge in [0.2, 0.25) is 0 Å². The Labute approximate surface area is 215 Å². The fourth-order valence-corrected chi connectivity index (χ4v) is 5.16. The van der Waals surface area contributed by atoms with Gasteiger partial charge in [0.05, 0.1) is 0 Å². The standard InChI is InChI=1S/C33H61N/c1-3-5-7-9-11-13-15-17-19-21-23-25-27-32-29-33(31-34-30-32)28-26-24-22-20-18-16-14-12-10-8-6-4-2/h29-31H,3-28H2,1-2H3. The van der Waals surface area contributed by atoms with E-state index >= 15 is 0 Å². The lowest BCUT2D eigenvalue weighted by atomic mass is 10.0. The molecule has 0 saturated carbocycles. The molecule has 34 heavy (non-hydrogen) atoms. The van der Waals surface area contributed by atoms with Gasteiger partial charge in [-0.2, -0.15) is 0 Å². The maximum atomic E-state index is 4.54. The van der Waals surface area contributed by atoms with Crippen molar-refractivity contribution in [1.82, 2.24) is 4.98 Å². The molecule has 0 aliphatic carbocycles. The molecular weight excluding hydrogens is 410 g/mol. The van der Waals surface area contributed by atoms with Crippen molar-refractivity contribution in [3.63, 3.8) is 0 Å². The molecule has 0 aliphatic rings. The Morgan fingerprint density at radius 2 is 0.647 bits per heavy atom. The second-order valence-corrected chi connectivity index (χ2v) is 11.0. The molecule has 1 aromatic heterocycles. The lowest BCUT2D eigenvalue weighted by Crippen LogP contribution is -1.93. The first kappa shape index (κ1) is 31.2. The minimum Gasteiger partial charge on any atom is -0.264 e. The highest BCUT2D eigenvalue weighted by Crippen LogP contribution is 2.16. The normalized spacial score (nSPS) is 11.4. The molecule has 0 bridgehead atoms. The summed E-state index contributed by atoms with van der Waals surface area (Å²) in [4.78, 5) is 4.54. The van der Waals surface area contributed by atoms with Gasteiger partial charge < -0.3 is 0 Å². The quantitative estimate of drug-likeness (QED) is 0.122. The van der Waals surface area contributed by atoms with E-state index in [4.69, 9.17) is 0 Å². The van der Waals surface area contributed by atoms with Gasteiger partial charge in [0.25, 0.3) is 0 Å². The molecule has 0 aliphatic heterocycles. The summed E-state index contributed by atoms with van der Waals surface area (Å²) in [6.07, 6.45) is 40.8.